The molecule has 0 heterocycles. The lowest BCUT2D eigenvalue weighted by Gasteiger charge is -2.08. The number of hydrogen-bond donors (Lipinski definition) is 1. The van der Waals surface area contributed by atoms with Crippen LogP contribution in [0.4, 0.5) is 10.5 Å². The van der Waals surface area contributed by atoms with Gasteiger partial charge in [-0.1, -0.05) is 26.2 Å². The fraction of sp³-hybridized carbons (Fsp3) is 0.500. The van der Waals surface area contributed by atoms with Crippen molar-refractivity contribution in [2.75, 3.05) is 12.3 Å². The summed E-state index contributed by atoms with van der Waals surface area (Å²) in [5.41, 5.74) is 7.08. The maximum Gasteiger partial charge on any atom is 0.513 e. The topological polar surface area (TPSA) is 61.5 Å². The Balaban J connectivity index is 2.31. The zero-order chi connectivity index (χ0) is 13.4. The molecule has 0 aliphatic rings. The molecule has 1 aromatic rings. The molecular weight excluding hydrogens is 230 g/mol. The minimum absolute atomic E-state index is 0.410. The molecule has 2 N–H and O–H groups in total. The Kier molecular flexibility index (Phi) is 6.05. The van der Waals surface area contributed by atoms with Gasteiger partial charge in [0.25, 0.3) is 0 Å². The SMILES string of the molecule is CCCCCCOC(=O)Oc1ccc(N)cc1C. The smallest absolute Gasteiger partial charge is 0.434 e. The lowest BCUT2D eigenvalue weighted by Crippen LogP contribution is -2.12. The highest BCUT2D eigenvalue weighted by Crippen LogP contribution is 2.20. The van der Waals surface area contributed by atoms with Crippen LogP contribution in [0.25, 0.3) is 0 Å². The first-order chi connectivity index (χ1) is 8.63. The minimum Gasteiger partial charge on any atom is -0.434 e. The van der Waals surface area contributed by atoms with E-state index < -0.39 is 6.16 Å². The summed E-state index contributed by atoms with van der Waals surface area (Å²) in [6.07, 6.45) is 3.62. The van der Waals surface area contributed by atoms with Crippen molar-refractivity contribution >= 4 is 11.8 Å². The fourth-order valence-corrected chi connectivity index (χ4v) is 1.59. The molecule has 100 valence electrons. The maximum atomic E-state index is 11.4. The molecule has 4 heteroatoms. The van der Waals surface area contributed by atoms with Gasteiger partial charge in [-0.15, -0.1) is 0 Å². The molecule has 1 aromatic carbocycles. The van der Waals surface area contributed by atoms with Crippen LogP contribution in [0.5, 0.6) is 5.75 Å². The number of ether oxygens (including phenoxy) is 2. The number of carbonyl (C=O) groups excluding carboxylic acids is 1. The fourth-order valence-electron chi connectivity index (χ4n) is 1.59. The molecule has 0 fully saturated rings. The zero-order valence-corrected chi connectivity index (χ0v) is 11.1. The lowest BCUT2D eigenvalue weighted by atomic mass is 10.2. The highest BCUT2D eigenvalue weighted by molar-refractivity contribution is 5.65. The molecule has 0 bridgehead atoms. The van der Waals surface area contributed by atoms with Crippen LogP contribution in [0.1, 0.15) is 38.2 Å². The van der Waals surface area contributed by atoms with Gasteiger partial charge in [0.05, 0.1) is 6.61 Å². The van der Waals surface area contributed by atoms with E-state index in [1.807, 2.05) is 6.92 Å². The minimum atomic E-state index is -0.653. The van der Waals surface area contributed by atoms with Gasteiger partial charge in [0.15, 0.2) is 0 Å². The molecule has 0 aromatic heterocycles. The van der Waals surface area contributed by atoms with Crippen molar-refractivity contribution in [1.82, 2.24) is 0 Å². The van der Waals surface area contributed by atoms with E-state index in [1.165, 1.54) is 0 Å². The van der Waals surface area contributed by atoms with E-state index in [0.717, 1.165) is 31.2 Å². The number of aryl methyl sites for hydroxylation is 1. The normalized spacial score (nSPS) is 10.1. The van der Waals surface area contributed by atoms with E-state index in [0.29, 0.717) is 18.0 Å². The summed E-state index contributed by atoms with van der Waals surface area (Å²) in [5, 5.41) is 0. The molecule has 18 heavy (non-hydrogen) atoms. The quantitative estimate of drug-likeness (QED) is 0.362. The van der Waals surface area contributed by atoms with E-state index in [9.17, 15) is 4.79 Å². The van der Waals surface area contributed by atoms with Gasteiger partial charge >= 0.3 is 6.16 Å². The molecule has 4 nitrogen and oxygen atoms in total. The number of anilines is 1. The van der Waals surface area contributed by atoms with Crippen molar-refractivity contribution in [1.29, 1.82) is 0 Å². The predicted molar refractivity (Wildman–Crippen MR) is 71.7 cm³/mol. The molecule has 0 radical (unpaired) electrons. The van der Waals surface area contributed by atoms with Crippen molar-refractivity contribution in [3.63, 3.8) is 0 Å². The van der Waals surface area contributed by atoms with Gasteiger partial charge < -0.3 is 15.2 Å². The summed E-state index contributed by atoms with van der Waals surface area (Å²) in [6, 6.07) is 5.11. The number of hydrogen-bond acceptors (Lipinski definition) is 4. The van der Waals surface area contributed by atoms with Crippen molar-refractivity contribution in [2.45, 2.75) is 39.5 Å². The van der Waals surface area contributed by atoms with Crippen LogP contribution < -0.4 is 10.5 Å². The molecule has 0 aliphatic heterocycles. The van der Waals surface area contributed by atoms with Crippen LogP contribution in [0.15, 0.2) is 18.2 Å². The van der Waals surface area contributed by atoms with Gasteiger partial charge in [-0.2, -0.15) is 0 Å². The van der Waals surface area contributed by atoms with Gasteiger partial charge in [0.2, 0.25) is 0 Å². The summed E-state index contributed by atoms with van der Waals surface area (Å²) < 4.78 is 10.1. The third-order valence-electron chi connectivity index (χ3n) is 2.61. The van der Waals surface area contributed by atoms with Crippen LogP contribution in [0.2, 0.25) is 0 Å². The van der Waals surface area contributed by atoms with Crippen molar-refractivity contribution in [3.8, 4) is 5.75 Å². The molecule has 0 amide bonds. The second kappa shape index (κ2) is 7.58. The van der Waals surface area contributed by atoms with Gasteiger partial charge in [-0.3, -0.25) is 0 Å². The first kappa shape index (κ1) is 14.4. The van der Waals surface area contributed by atoms with Crippen LogP contribution in [-0.2, 0) is 4.74 Å². The van der Waals surface area contributed by atoms with Gasteiger partial charge in [-0.25, -0.2) is 4.79 Å². The molecular formula is C14H21NO3. The maximum absolute atomic E-state index is 11.4. The first-order valence-corrected chi connectivity index (χ1v) is 6.34. The number of rotatable bonds is 6. The lowest BCUT2D eigenvalue weighted by molar-refractivity contribution is 0.0971. The first-order valence-electron chi connectivity index (χ1n) is 6.34. The largest absolute Gasteiger partial charge is 0.513 e. The van der Waals surface area contributed by atoms with Gasteiger partial charge in [0, 0.05) is 5.69 Å². The molecule has 0 unspecified atom stereocenters. The van der Waals surface area contributed by atoms with Crippen molar-refractivity contribution < 1.29 is 14.3 Å². The zero-order valence-electron chi connectivity index (χ0n) is 11.1. The van der Waals surface area contributed by atoms with Crippen LogP contribution in [0, 0.1) is 6.92 Å². The highest BCUT2D eigenvalue weighted by Gasteiger charge is 2.08. The van der Waals surface area contributed by atoms with E-state index in [-0.39, 0.29) is 0 Å². The van der Waals surface area contributed by atoms with E-state index >= 15 is 0 Å². The monoisotopic (exact) mass is 251 g/mol. The molecule has 1 rings (SSSR count). The Bertz CT molecular complexity index is 391. The molecule has 0 saturated carbocycles. The summed E-state index contributed by atoms with van der Waals surface area (Å²) in [6.45, 7) is 4.38. The van der Waals surface area contributed by atoms with E-state index in [2.05, 4.69) is 6.92 Å². The molecule has 0 saturated heterocycles. The van der Waals surface area contributed by atoms with Crippen LogP contribution in [0.3, 0.4) is 0 Å². The number of benzene rings is 1. The molecule has 0 aliphatic carbocycles. The second-order valence-electron chi connectivity index (χ2n) is 4.29. The Labute approximate surface area is 108 Å². The van der Waals surface area contributed by atoms with Crippen LogP contribution in [-0.4, -0.2) is 12.8 Å². The van der Waals surface area contributed by atoms with E-state index in [4.69, 9.17) is 15.2 Å². The standard InChI is InChI=1S/C14H21NO3/c1-3-4-5-6-9-17-14(16)18-13-8-7-12(15)10-11(13)2/h7-8,10H,3-6,9,15H2,1-2H3. The summed E-state index contributed by atoms with van der Waals surface area (Å²) in [5.74, 6) is 0.489. The van der Waals surface area contributed by atoms with Crippen LogP contribution >= 0.6 is 0 Å². The third-order valence-corrected chi connectivity index (χ3v) is 2.61. The predicted octanol–water partition coefficient (Wildman–Crippen LogP) is 3.67. The van der Waals surface area contributed by atoms with Crippen molar-refractivity contribution in [3.05, 3.63) is 23.8 Å². The summed E-state index contributed by atoms with van der Waals surface area (Å²) in [4.78, 5) is 11.4. The Morgan fingerprint density at radius 3 is 2.72 bits per heavy atom. The van der Waals surface area contributed by atoms with Crippen molar-refractivity contribution in [2.24, 2.45) is 0 Å². The Morgan fingerprint density at radius 2 is 2.06 bits per heavy atom. The summed E-state index contributed by atoms with van der Waals surface area (Å²) >= 11 is 0. The number of nitrogen functional groups attached to an aromatic ring is 1. The van der Waals surface area contributed by atoms with Gasteiger partial charge in [-0.05, 0) is 37.1 Å². The Morgan fingerprint density at radius 1 is 1.28 bits per heavy atom. The average Bonchev–Trinajstić information content (AvgIpc) is 2.32. The number of carbonyl (C=O) groups is 1. The molecule has 0 atom stereocenters. The van der Waals surface area contributed by atoms with Gasteiger partial charge in [0.1, 0.15) is 5.75 Å². The second-order valence-corrected chi connectivity index (χ2v) is 4.29. The highest BCUT2D eigenvalue weighted by atomic mass is 16.7. The van der Waals surface area contributed by atoms with E-state index in [1.54, 1.807) is 18.2 Å². The number of unbranched alkanes of at least 4 members (excludes halogenated alkanes) is 3. The number of nitrogens with two attached hydrogens (primary N) is 1. The Hall–Kier alpha value is -1.71. The average molecular weight is 251 g/mol. The molecule has 0 spiro atoms. The third kappa shape index (κ3) is 5.08. The summed E-state index contributed by atoms with van der Waals surface area (Å²) in [7, 11) is 0.